The summed E-state index contributed by atoms with van der Waals surface area (Å²) in [7, 11) is 0. The zero-order valence-corrected chi connectivity index (χ0v) is 11.4. The third kappa shape index (κ3) is 1.73. The molecule has 4 heteroatoms. The van der Waals surface area contributed by atoms with Crippen LogP contribution in [-0.4, -0.2) is 9.97 Å². The summed E-state index contributed by atoms with van der Waals surface area (Å²) < 4.78 is 0.361. The number of rotatable bonds is 0. The van der Waals surface area contributed by atoms with Crippen LogP contribution in [0.5, 0.6) is 0 Å². The molecule has 0 radical (unpaired) electrons. The molecule has 2 heterocycles. The van der Waals surface area contributed by atoms with E-state index in [2.05, 4.69) is 56.8 Å². The van der Waals surface area contributed by atoms with Crippen LogP contribution < -0.4 is 0 Å². The fourth-order valence-corrected chi connectivity index (χ4v) is 4.17. The summed E-state index contributed by atoms with van der Waals surface area (Å²) in [5.74, 6) is 0.939. The van der Waals surface area contributed by atoms with Crippen LogP contribution in [0.15, 0.2) is 41.7 Å². The molecule has 80 valence electrons. The Bertz CT molecular complexity index is 482. The highest BCUT2D eigenvalue weighted by molar-refractivity contribution is 14.1. The summed E-state index contributed by atoms with van der Waals surface area (Å²) in [4.78, 5) is 9.87. The van der Waals surface area contributed by atoms with E-state index in [4.69, 9.17) is 0 Å². The highest BCUT2D eigenvalue weighted by Gasteiger charge is 2.22. The minimum atomic E-state index is 0.361. The van der Waals surface area contributed by atoms with Crippen molar-refractivity contribution < 1.29 is 0 Å². The molecule has 0 amide bonds. The Kier molecular flexibility index (Phi) is 2.85. The third-order valence-corrected chi connectivity index (χ3v) is 5.10. The fraction of sp³-hybridized carbons (Fsp3) is 0.167. The van der Waals surface area contributed by atoms with E-state index in [1.807, 2.05) is 18.0 Å². The van der Waals surface area contributed by atoms with Crippen molar-refractivity contribution in [2.45, 2.75) is 14.6 Å². The van der Waals surface area contributed by atoms with Crippen LogP contribution in [0.2, 0.25) is 0 Å². The van der Waals surface area contributed by atoms with Crippen molar-refractivity contribution in [3.05, 3.63) is 53.6 Å². The van der Waals surface area contributed by atoms with E-state index in [1.165, 1.54) is 16.0 Å². The van der Waals surface area contributed by atoms with Gasteiger partial charge in [-0.15, -0.1) is 11.8 Å². The molecule has 2 nitrogen and oxygen atoms in total. The van der Waals surface area contributed by atoms with E-state index >= 15 is 0 Å². The summed E-state index contributed by atoms with van der Waals surface area (Å²) in [6, 6.07) is 8.57. The monoisotopic (exact) mass is 340 g/mol. The van der Waals surface area contributed by atoms with Gasteiger partial charge in [0.05, 0.1) is 9.62 Å². The quantitative estimate of drug-likeness (QED) is 0.541. The van der Waals surface area contributed by atoms with Crippen molar-refractivity contribution in [2.75, 3.05) is 0 Å². The number of benzene rings is 1. The lowest BCUT2D eigenvalue weighted by molar-refractivity contribution is 1.01. The van der Waals surface area contributed by atoms with Crippen molar-refractivity contribution >= 4 is 34.4 Å². The summed E-state index contributed by atoms with van der Waals surface area (Å²) in [6.45, 7) is 0. The second-order valence-electron chi connectivity index (χ2n) is 3.61. The van der Waals surface area contributed by atoms with Crippen LogP contribution in [0.25, 0.3) is 0 Å². The zero-order valence-electron chi connectivity index (χ0n) is 8.43. The largest absolute Gasteiger partial charge is 0.244 e. The van der Waals surface area contributed by atoms with Crippen molar-refractivity contribution in [3.8, 4) is 0 Å². The second-order valence-corrected chi connectivity index (χ2v) is 5.88. The highest BCUT2D eigenvalue weighted by Crippen LogP contribution is 2.42. The Balaban J connectivity index is 2.18. The van der Waals surface area contributed by atoms with Gasteiger partial charge in [0.25, 0.3) is 0 Å². The molecule has 0 bridgehead atoms. The molecule has 0 aliphatic carbocycles. The minimum Gasteiger partial charge on any atom is -0.244 e. The van der Waals surface area contributed by atoms with Gasteiger partial charge in [-0.3, -0.25) is 0 Å². The molecule has 0 spiro atoms. The Hall–Kier alpha value is -0.620. The number of hydrogen-bond donors (Lipinski definition) is 0. The molecule has 1 aromatic carbocycles. The predicted octanol–water partition coefficient (Wildman–Crippen LogP) is 3.61. The van der Waals surface area contributed by atoms with E-state index in [9.17, 15) is 0 Å². The summed E-state index contributed by atoms with van der Waals surface area (Å²) in [5.41, 5.74) is 3.79. The van der Waals surface area contributed by atoms with Crippen molar-refractivity contribution in [1.82, 2.24) is 9.97 Å². The average molecular weight is 340 g/mol. The standard InChI is InChI=1S/C12H9IN2S/c13-12-8-3-1-2-4-11(8)16-6-10-9(12)5-14-7-15-10/h1-5,7,12H,6H2. The first-order valence-electron chi connectivity index (χ1n) is 5.01. The Labute approximate surface area is 112 Å². The molecule has 2 aromatic rings. The third-order valence-electron chi connectivity index (χ3n) is 2.66. The van der Waals surface area contributed by atoms with Gasteiger partial charge in [-0.05, 0) is 11.6 Å². The molecule has 1 aliphatic rings. The first-order chi connectivity index (χ1) is 7.86. The molecule has 0 saturated heterocycles. The van der Waals surface area contributed by atoms with Gasteiger partial charge >= 0.3 is 0 Å². The van der Waals surface area contributed by atoms with Crippen LogP contribution in [0.3, 0.4) is 0 Å². The SMILES string of the molecule is IC1c2ccccc2SCc2ncncc21. The van der Waals surface area contributed by atoms with Crippen molar-refractivity contribution in [3.63, 3.8) is 0 Å². The number of halogens is 1. The normalized spacial score (nSPS) is 18.4. The van der Waals surface area contributed by atoms with E-state index in [1.54, 1.807) is 6.33 Å². The topological polar surface area (TPSA) is 25.8 Å². The Morgan fingerprint density at radius 1 is 1.25 bits per heavy atom. The van der Waals surface area contributed by atoms with Crippen molar-refractivity contribution in [1.29, 1.82) is 0 Å². The van der Waals surface area contributed by atoms with Gasteiger partial charge in [0.2, 0.25) is 0 Å². The van der Waals surface area contributed by atoms with Crippen LogP contribution in [0.1, 0.15) is 20.7 Å². The molecule has 3 rings (SSSR count). The van der Waals surface area contributed by atoms with Crippen LogP contribution in [-0.2, 0) is 5.75 Å². The minimum absolute atomic E-state index is 0.361. The first-order valence-corrected chi connectivity index (χ1v) is 7.24. The summed E-state index contributed by atoms with van der Waals surface area (Å²) in [5, 5.41) is 0. The summed E-state index contributed by atoms with van der Waals surface area (Å²) in [6.07, 6.45) is 3.58. The number of nitrogens with zero attached hydrogens (tertiary/aromatic N) is 2. The van der Waals surface area contributed by atoms with Gasteiger partial charge in [0, 0.05) is 22.4 Å². The molecular formula is C12H9IN2S. The highest BCUT2D eigenvalue weighted by atomic mass is 127. The smallest absolute Gasteiger partial charge is 0.115 e. The lowest BCUT2D eigenvalue weighted by Crippen LogP contribution is -1.98. The lowest BCUT2D eigenvalue weighted by Gasteiger charge is -2.11. The summed E-state index contributed by atoms with van der Waals surface area (Å²) >= 11 is 4.33. The number of alkyl halides is 1. The van der Waals surface area contributed by atoms with Gasteiger partial charge in [-0.2, -0.15) is 0 Å². The molecule has 0 N–H and O–H groups in total. The molecule has 0 saturated carbocycles. The molecule has 1 aromatic heterocycles. The second kappa shape index (κ2) is 4.33. The number of fused-ring (bicyclic) bond motifs is 2. The van der Waals surface area contributed by atoms with Gasteiger partial charge in [0.1, 0.15) is 6.33 Å². The zero-order chi connectivity index (χ0) is 11.0. The Morgan fingerprint density at radius 3 is 3.06 bits per heavy atom. The average Bonchev–Trinajstić information content (AvgIpc) is 2.49. The number of aromatic nitrogens is 2. The maximum Gasteiger partial charge on any atom is 0.115 e. The fourth-order valence-electron chi connectivity index (χ4n) is 1.83. The lowest BCUT2D eigenvalue weighted by atomic mass is 10.1. The predicted molar refractivity (Wildman–Crippen MR) is 73.9 cm³/mol. The van der Waals surface area contributed by atoms with Gasteiger partial charge in [-0.25, -0.2) is 9.97 Å². The van der Waals surface area contributed by atoms with Gasteiger partial charge < -0.3 is 0 Å². The van der Waals surface area contributed by atoms with Crippen LogP contribution >= 0.6 is 34.4 Å². The number of hydrogen-bond acceptors (Lipinski definition) is 3. The van der Waals surface area contributed by atoms with Crippen molar-refractivity contribution in [2.24, 2.45) is 0 Å². The van der Waals surface area contributed by atoms with E-state index in [0.717, 1.165) is 11.4 Å². The van der Waals surface area contributed by atoms with E-state index < -0.39 is 0 Å². The van der Waals surface area contributed by atoms with E-state index in [0.29, 0.717) is 3.92 Å². The molecule has 16 heavy (non-hydrogen) atoms. The Morgan fingerprint density at radius 2 is 2.12 bits per heavy atom. The van der Waals surface area contributed by atoms with Crippen LogP contribution in [0.4, 0.5) is 0 Å². The molecule has 1 atom stereocenters. The number of thioether (sulfide) groups is 1. The van der Waals surface area contributed by atoms with Gasteiger partial charge in [-0.1, -0.05) is 40.8 Å². The van der Waals surface area contributed by atoms with Crippen LogP contribution in [0, 0.1) is 0 Å². The molecule has 1 unspecified atom stereocenters. The molecular weight excluding hydrogens is 331 g/mol. The first kappa shape index (κ1) is 10.5. The van der Waals surface area contributed by atoms with E-state index in [-0.39, 0.29) is 0 Å². The molecule has 0 fully saturated rings. The molecule has 1 aliphatic heterocycles. The maximum atomic E-state index is 4.38. The van der Waals surface area contributed by atoms with Gasteiger partial charge in [0.15, 0.2) is 0 Å². The maximum absolute atomic E-state index is 4.38.